The second-order valence-electron chi connectivity index (χ2n) is 6.56. The molecule has 2 rings (SSSR count). The van der Waals surface area contributed by atoms with E-state index in [1.165, 1.54) is 12.8 Å². The van der Waals surface area contributed by atoms with Crippen molar-refractivity contribution in [2.45, 2.75) is 89.0 Å². The van der Waals surface area contributed by atoms with Crippen LogP contribution in [0, 0.1) is 11.3 Å². The molecule has 0 amide bonds. The third-order valence-electron chi connectivity index (χ3n) is 4.31. The number of nitrogens with zero attached hydrogens (tertiary/aromatic N) is 1. The van der Waals surface area contributed by atoms with Gasteiger partial charge in [0.25, 0.3) is 0 Å². The average Bonchev–Trinajstić information content (AvgIpc) is 3.13. The highest BCUT2D eigenvalue weighted by atomic mass is 16.5. The van der Waals surface area contributed by atoms with E-state index < -0.39 is 0 Å². The standard InChI is InChI=1S/C15H26N2O/c1-4-14(2,3)18-13-6-5-9-15(10-13,11-16)17-12-7-8-12/h12-13,17H,4-10H2,1-3H3. The maximum atomic E-state index is 9.52. The summed E-state index contributed by atoms with van der Waals surface area (Å²) in [4.78, 5) is 0. The molecule has 0 spiro atoms. The molecule has 0 saturated heterocycles. The average molecular weight is 250 g/mol. The number of nitriles is 1. The Bertz CT molecular complexity index is 330. The fourth-order valence-electron chi connectivity index (χ4n) is 2.74. The highest BCUT2D eigenvalue weighted by Crippen LogP contribution is 2.35. The summed E-state index contributed by atoms with van der Waals surface area (Å²) in [6.07, 6.45) is 7.73. The van der Waals surface area contributed by atoms with Crippen LogP contribution in [0.1, 0.15) is 65.7 Å². The van der Waals surface area contributed by atoms with Gasteiger partial charge >= 0.3 is 0 Å². The second kappa shape index (κ2) is 5.19. The Labute approximate surface area is 111 Å². The summed E-state index contributed by atoms with van der Waals surface area (Å²) in [7, 11) is 0. The van der Waals surface area contributed by atoms with E-state index in [0.29, 0.717) is 6.04 Å². The number of rotatable bonds is 5. The molecule has 3 heteroatoms. The molecule has 0 heterocycles. The van der Waals surface area contributed by atoms with Crippen molar-refractivity contribution < 1.29 is 4.74 Å². The molecule has 2 aliphatic rings. The number of hydrogen-bond donors (Lipinski definition) is 1. The van der Waals surface area contributed by atoms with E-state index in [2.05, 4.69) is 32.2 Å². The molecule has 2 saturated carbocycles. The minimum Gasteiger partial charge on any atom is -0.372 e. The number of ether oxygens (including phenoxy) is 1. The van der Waals surface area contributed by atoms with Gasteiger partial charge in [-0.2, -0.15) is 5.26 Å². The van der Waals surface area contributed by atoms with Crippen molar-refractivity contribution in [1.82, 2.24) is 5.32 Å². The third-order valence-corrected chi connectivity index (χ3v) is 4.31. The first-order chi connectivity index (χ1) is 8.49. The Morgan fingerprint density at radius 1 is 1.39 bits per heavy atom. The maximum Gasteiger partial charge on any atom is 0.109 e. The molecule has 18 heavy (non-hydrogen) atoms. The lowest BCUT2D eigenvalue weighted by atomic mass is 9.80. The lowest BCUT2D eigenvalue weighted by Crippen LogP contribution is -2.51. The minimum absolute atomic E-state index is 0.0667. The molecule has 2 atom stereocenters. The molecule has 102 valence electrons. The van der Waals surface area contributed by atoms with Gasteiger partial charge < -0.3 is 4.74 Å². The predicted molar refractivity (Wildman–Crippen MR) is 72.2 cm³/mol. The first-order valence-corrected chi connectivity index (χ1v) is 7.35. The van der Waals surface area contributed by atoms with E-state index in [0.717, 1.165) is 32.1 Å². The van der Waals surface area contributed by atoms with E-state index in [4.69, 9.17) is 4.74 Å². The van der Waals surface area contributed by atoms with Crippen LogP contribution in [0.3, 0.4) is 0 Å². The molecule has 2 aliphatic carbocycles. The normalized spacial score (nSPS) is 33.1. The summed E-state index contributed by atoms with van der Waals surface area (Å²) in [6.45, 7) is 6.44. The quantitative estimate of drug-likeness (QED) is 0.815. The molecule has 0 aromatic heterocycles. The van der Waals surface area contributed by atoms with Crippen LogP contribution in [0.25, 0.3) is 0 Å². The van der Waals surface area contributed by atoms with E-state index in [1.54, 1.807) is 0 Å². The van der Waals surface area contributed by atoms with E-state index in [-0.39, 0.29) is 17.2 Å². The Kier molecular flexibility index (Phi) is 3.99. The molecule has 2 unspecified atom stereocenters. The zero-order valence-corrected chi connectivity index (χ0v) is 12.0. The molecule has 0 radical (unpaired) electrons. The third kappa shape index (κ3) is 3.46. The first-order valence-electron chi connectivity index (χ1n) is 7.35. The van der Waals surface area contributed by atoms with E-state index in [9.17, 15) is 5.26 Å². The highest BCUT2D eigenvalue weighted by Gasteiger charge is 2.41. The maximum absolute atomic E-state index is 9.52. The summed E-state index contributed by atoms with van der Waals surface area (Å²) in [5, 5.41) is 13.1. The molecule has 3 nitrogen and oxygen atoms in total. The largest absolute Gasteiger partial charge is 0.372 e. The van der Waals surface area contributed by atoms with Crippen LogP contribution >= 0.6 is 0 Å². The van der Waals surface area contributed by atoms with Crippen LogP contribution < -0.4 is 5.32 Å². The van der Waals surface area contributed by atoms with Gasteiger partial charge in [0.15, 0.2) is 0 Å². The van der Waals surface area contributed by atoms with Gasteiger partial charge in [0.1, 0.15) is 5.54 Å². The summed E-state index contributed by atoms with van der Waals surface area (Å²) in [5.41, 5.74) is -0.392. The molecule has 0 bridgehead atoms. The Morgan fingerprint density at radius 3 is 2.67 bits per heavy atom. The summed E-state index contributed by atoms with van der Waals surface area (Å²) < 4.78 is 6.20. The Morgan fingerprint density at radius 2 is 2.11 bits per heavy atom. The van der Waals surface area contributed by atoms with Crippen molar-refractivity contribution in [1.29, 1.82) is 5.26 Å². The number of hydrogen-bond acceptors (Lipinski definition) is 3. The van der Waals surface area contributed by atoms with Gasteiger partial charge in [-0.25, -0.2) is 0 Å². The van der Waals surface area contributed by atoms with Crippen molar-refractivity contribution in [3.8, 4) is 6.07 Å². The van der Waals surface area contributed by atoms with Crippen LogP contribution in [0.4, 0.5) is 0 Å². The van der Waals surface area contributed by atoms with Gasteiger partial charge in [0.05, 0.1) is 17.8 Å². The van der Waals surface area contributed by atoms with Crippen LogP contribution in [0.15, 0.2) is 0 Å². The van der Waals surface area contributed by atoms with Crippen molar-refractivity contribution in [3.05, 3.63) is 0 Å². The monoisotopic (exact) mass is 250 g/mol. The molecular formula is C15H26N2O. The van der Waals surface area contributed by atoms with Crippen LogP contribution in [-0.2, 0) is 4.74 Å². The van der Waals surface area contributed by atoms with Gasteiger partial charge in [-0.3, -0.25) is 5.32 Å². The van der Waals surface area contributed by atoms with Crippen molar-refractivity contribution in [2.75, 3.05) is 0 Å². The molecule has 0 aliphatic heterocycles. The SMILES string of the molecule is CCC(C)(C)OC1CCCC(C#N)(NC2CC2)C1. The number of nitrogens with one attached hydrogen (secondary N) is 1. The lowest BCUT2D eigenvalue weighted by Gasteiger charge is -2.39. The van der Waals surface area contributed by atoms with Gasteiger partial charge in [0, 0.05) is 12.5 Å². The summed E-state index contributed by atoms with van der Waals surface area (Å²) >= 11 is 0. The fourth-order valence-corrected chi connectivity index (χ4v) is 2.74. The Balaban J connectivity index is 1.96. The second-order valence-corrected chi connectivity index (χ2v) is 6.56. The van der Waals surface area contributed by atoms with Crippen molar-refractivity contribution in [2.24, 2.45) is 0 Å². The van der Waals surface area contributed by atoms with E-state index >= 15 is 0 Å². The van der Waals surface area contributed by atoms with Crippen LogP contribution in [0.5, 0.6) is 0 Å². The zero-order valence-electron chi connectivity index (χ0n) is 12.0. The van der Waals surface area contributed by atoms with Crippen LogP contribution in [0.2, 0.25) is 0 Å². The van der Waals surface area contributed by atoms with Crippen LogP contribution in [-0.4, -0.2) is 23.3 Å². The van der Waals surface area contributed by atoms with Crippen molar-refractivity contribution >= 4 is 0 Å². The first kappa shape index (κ1) is 13.8. The molecule has 0 aromatic carbocycles. The Hall–Kier alpha value is -0.590. The summed E-state index contributed by atoms with van der Waals surface area (Å²) in [5.74, 6) is 0. The highest BCUT2D eigenvalue weighted by molar-refractivity contribution is 5.12. The molecular weight excluding hydrogens is 224 g/mol. The predicted octanol–water partition coefficient (Wildman–Crippen LogP) is 3.15. The molecule has 1 N–H and O–H groups in total. The van der Waals surface area contributed by atoms with Crippen molar-refractivity contribution in [3.63, 3.8) is 0 Å². The van der Waals surface area contributed by atoms with Gasteiger partial charge in [-0.05, 0) is 52.4 Å². The van der Waals surface area contributed by atoms with Gasteiger partial charge in [-0.1, -0.05) is 6.92 Å². The summed E-state index contributed by atoms with van der Waals surface area (Å²) in [6, 6.07) is 3.12. The topological polar surface area (TPSA) is 45.0 Å². The van der Waals surface area contributed by atoms with E-state index in [1.807, 2.05) is 0 Å². The molecule has 0 aromatic rings. The lowest BCUT2D eigenvalue weighted by molar-refractivity contribution is -0.0946. The van der Waals surface area contributed by atoms with Gasteiger partial charge in [-0.15, -0.1) is 0 Å². The zero-order chi connectivity index (χ0) is 13.2. The van der Waals surface area contributed by atoms with Gasteiger partial charge in [0.2, 0.25) is 0 Å². The minimum atomic E-state index is -0.325. The molecule has 2 fully saturated rings. The smallest absolute Gasteiger partial charge is 0.109 e. The fraction of sp³-hybridized carbons (Fsp3) is 0.933.